The standard InChI is InChI=1S/C27H23ClN2O4/c1-32-25-20-14-29(11-10-17(20)12-24-26(25)34-16-33-24)27(31)21-15-30(23-9-5-3-7-19(21)23)13-18-6-2-4-8-22(18)28/h2-9,12,15H,10-11,13-14,16H2,1H3. The minimum atomic E-state index is -0.000483. The number of carbonyl (C=O) groups excluding carboxylic acids is 1. The lowest BCUT2D eigenvalue weighted by atomic mass is 9.97. The molecule has 6 rings (SSSR count). The second-order valence-corrected chi connectivity index (χ2v) is 8.94. The van der Waals surface area contributed by atoms with E-state index in [0.29, 0.717) is 47.5 Å². The van der Waals surface area contributed by atoms with Gasteiger partial charge in [-0.05, 0) is 35.7 Å². The predicted octanol–water partition coefficient (Wildman–Crippen LogP) is 5.28. The minimum Gasteiger partial charge on any atom is -0.492 e. The second-order valence-electron chi connectivity index (χ2n) is 8.54. The van der Waals surface area contributed by atoms with Gasteiger partial charge in [-0.3, -0.25) is 4.79 Å². The van der Waals surface area contributed by atoms with Crippen LogP contribution in [0.1, 0.15) is 27.0 Å². The molecule has 0 bridgehead atoms. The van der Waals surface area contributed by atoms with Crippen molar-refractivity contribution in [1.29, 1.82) is 0 Å². The molecule has 0 radical (unpaired) electrons. The van der Waals surface area contributed by atoms with Gasteiger partial charge in [0.2, 0.25) is 12.5 Å². The van der Waals surface area contributed by atoms with Crippen LogP contribution in [0.25, 0.3) is 10.9 Å². The predicted molar refractivity (Wildman–Crippen MR) is 130 cm³/mol. The summed E-state index contributed by atoms with van der Waals surface area (Å²) in [6, 6.07) is 17.8. The molecular weight excluding hydrogens is 452 g/mol. The molecule has 4 aromatic rings. The molecule has 3 aromatic carbocycles. The Morgan fingerprint density at radius 1 is 1.12 bits per heavy atom. The largest absolute Gasteiger partial charge is 0.492 e. The fraction of sp³-hybridized carbons (Fsp3) is 0.222. The number of amides is 1. The highest BCUT2D eigenvalue weighted by Gasteiger charge is 2.31. The third-order valence-corrected chi connectivity index (χ3v) is 6.99. The molecule has 1 amide bonds. The van der Waals surface area contributed by atoms with Crippen molar-refractivity contribution in [1.82, 2.24) is 9.47 Å². The minimum absolute atomic E-state index is 0.000483. The fourth-order valence-electron chi connectivity index (χ4n) is 4.94. The number of halogens is 1. The van der Waals surface area contributed by atoms with Crippen molar-refractivity contribution in [3.63, 3.8) is 0 Å². The Morgan fingerprint density at radius 2 is 1.94 bits per heavy atom. The van der Waals surface area contributed by atoms with Crippen LogP contribution >= 0.6 is 11.6 Å². The second kappa shape index (κ2) is 8.29. The number of hydrogen-bond donors (Lipinski definition) is 0. The number of fused-ring (bicyclic) bond motifs is 3. The van der Waals surface area contributed by atoms with Crippen LogP contribution in [-0.4, -0.2) is 35.8 Å². The molecular formula is C27H23ClN2O4. The van der Waals surface area contributed by atoms with E-state index in [2.05, 4.69) is 4.57 Å². The van der Waals surface area contributed by atoms with Crippen LogP contribution < -0.4 is 14.2 Å². The van der Waals surface area contributed by atoms with E-state index in [1.165, 1.54) is 0 Å². The molecule has 1 aromatic heterocycles. The summed E-state index contributed by atoms with van der Waals surface area (Å²) >= 11 is 6.41. The van der Waals surface area contributed by atoms with Crippen molar-refractivity contribution in [2.45, 2.75) is 19.5 Å². The van der Waals surface area contributed by atoms with Crippen LogP contribution in [0.15, 0.2) is 60.8 Å². The summed E-state index contributed by atoms with van der Waals surface area (Å²) in [5, 5.41) is 1.65. The van der Waals surface area contributed by atoms with E-state index in [9.17, 15) is 4.79 Å². The maximum Gasteiger partial charge on any atom is 0.256 e. The lowest BCUT2D eigenvalue weighted by molar-refractivity contribution is 0.0734. The summed E-state index contributed by atoms with van der Waals surface area (Å²) in [5.74, 6) is 1.98. The SMILES string of the molecule is COc1c2c(cc3c1OCO3)CCN(C(=O)c1cn(Cc3ccccc3Cl)c3ccccc13)C2. The quantitative estimate of drug-likeness (QED) is 0.404. The monoisotopic (exact) mass is 474 g/mol. The Balaban J connectivity index is 1.36. The first kappa shape index (κ1) is 20.9. The summed E-state index contributed by atoms with van der Waals surface area (Å²) in [5.41, 5.74) is 4.81. The van der Waals surface area contributed by atoms with Crippen molar-refractivity contribution < 1.29 is 19.0 Å². The summed E-state index contributed by atoms with van der Waals surface area (Å²) in [6.07, 6.45) is 2.68. The molecule has 7 heteroatoms. The van der Waals surface area contributed by atoms with Gasteiger partial charge < -0.3 is 23.7 Å². The first-order chi connectivity index (χ1) is 16.6. The molecule has 0 aliphatic carbocycles. The molecule has 0 saturated heterocycles. The Hall–Kier alpha value is -3.64. The van der Waals surface area contributed by atoms with E-state index in [4.69, 9.17) is 25.8 Å². The summed E-state index contributed by atoms with van der Waals surface area (Å²) in [6.45, 7) is 1.85. The molecule has 0 N–H and O–H groups in total. The molecule has 0 saturated carbocycles. The maximum atomic E-state index is 13.8. The van der Waals surface area contributed by atoms with Gasteiger partial charge in [0.15, 0.2) is 11.5 Å². The van der Waals surface area contributed by atoms with Crippen LogP contribution in [0.5, 0.6) is 17.2 Å². The van der Waals surface area contributed by atoms with Gasteiger partial charge >= 0.3 is 0 Å². The average molecular weight is 475 g/mol. The van der Waals surface area contributed by atoms with Gasteiger partial charge in [0.05, 0.1) is 19.2 Å². The molecule has 0 fully saturated rings. The van der Waals surface area contributed by atoms with Crippen LogP contribution in [0.2, 0.25) is 5.02 Å². The first-order valence-electron chi connectivity index (χ1n) is 11.2. The highest BCUT2D eigenvalue weighted by atomic mass is 35.5. The number of carbonyl (C=O) groups is 1. The third kappa shape index (κ3) is 3.37. The zero-order valence-electron chi connectivity index (χ0n) is 18.7. The van der Waals surface area contributed by atoms with E-state index in [-0.39, 0.29) is 12.7 Å². The highest BCUT2D eigenvalue weighted by Crippen LogP contribution is 2.46. The Bertz CT molecular complexity index is 1430. The summed E-state index contributed by atoms with van der Waals surface area (Å²) in [4.78, 5) is 15.7. The van der Waals surface area contributed by atoms with Gasteiger partial charge in [-0.25, -0.2) is 0 Å². The molecule has 2 aliphatic rings. The molecule has 2 aliphatic heterocycles. The van der Waals surface area contributed by atoms with Crippen molar-refractivity contribution in [2.75, 3.05) is 20.4 Å². The van der Waals surface area contributed by atoms with Gasteiger partial charge in [0.1, 0.15) is 0 Å². The first-order valence-corrected chi connectivity index (χ1v) is 11.6. The number of nitrogens with zero attached hydrogens (tertiary/aromatic N) is 2. The maximum absolute atomic E-state index is 13.8. The molecule has 0 unspecified atom stereocenters. The van der Waals surface area contributed by atoms with Gasteiger partial charge in [-0.15, -0.1) is 0 Å². The lowest BCUT2D eigenvalue weighted by Gasteiger charge is -2.30. The Labute approximate surface area is 202 Å². The molecule has 0 atom stereocenters. The molecule has 0 spiro atoms. The molecule has 3 heterocycles. The van der Waals surface area contributed by atoms with E-state index >= 15 is 0 Å². The fourth-order valence-corrected chi connectivity index (χ4v) is 5.14. The Kier molecular flexibility index (Phi) is 5.11. The molecule has 6 nitrogen and oxygen atoms in total. The van der Waals surface area contributed by atoms with Gasteiger partial charge in [0, 0.05) is 40.8 Å². The van der Waals surface area contributed by atoms with Crippen molar-refractivity contribution in [2.24, 2.45) is 0 Å². The van der Waals surface area contributed by atoms with Crippen molar-refractivity contribution in [3.05, 3.63) is 88.1 Å². The number of aromatic nitrogens is 1. The smallest absolute Gasteiger partial charge is 0.256 e. The molecule has 172 valence electrons. The van der Waals surface area contributed by atoms with E-state index in [1.807, 2.05) is 65.7 Å². The number of methoxy groups -OCH3 is 1. The lowest BCUT2D eigenvalue weighted by Crippen LogP contribution is -2.36. The van der Waals surface area contributed by atoms with Gasteiger partial charge in [0.25, 0.3) is 5.91 Å². The number of benzene rings is 3. The zero-order chi connectivity index (χ0) is 23.2. The average Bonchev–Trinajstić information content (AvgIpc) is 3.48. The van der Waals surface area contributed by atoms with E-state index in [1.54, 1.807) is 7.11 Å². The van der Waals surface area contributed by atoms with Gasteiger partial charge in [-0.2, -0.15) is 0 Å². The number of para-hydroxylation sites is 1. The van der Waals surface area contributed by atoms with Crippen LogP contribution in [0.4, 0.5) is 0 Å². The highest BCUT2D eigenvalue weighted by molar-refractivity contribution is 6.31. The number of ether oxygens (including phenoxy) is 3. The number of hydrogen-bond acceptors (Lipinski definition) is 4. The van der Waals surface area contributed by atoms with Crippen molar-refractivity contribution >= 4 is 28.4 Å². The van der Waals surface area contributed by atoms with Crippen LogP contribution in [0, 0.1) is 0 Å². The van der Waals surface area contributed by atoms with Crippen molar-refractivity contribution in [3.8, 4) is 17.2 Å². The normalized spacial score (nSPS) is 14.4. The zero-order valence-corrected chi connectivity index (χ0v) is 19.5. The molecule has 34 heavy (non-hydrogen) atoms. The topological polar surface area (TPSA) is 52.9 Å². The van der Waals surface area contributed by atoms with Gasteiger partial charge in [-0.1, -0.05) is 48.0 Å². The van der Waals surface area contributed by atoms with Crippen LogP contribution in [-0.2, 0) is 19.5 Å². The van der Waals surface area contributed by atoms with E-state index < -0.39 is 0 Å². The Morgan fingerprint density at radius 3 is 2.79 bits per heavy atom. The van der Waals surface area contributed by atoms with E-state index in [0.717, 1.165) is 34.0 Å². The third-order valence-electron chi connectivity index (χ3n) is 6.62. The summed E-state index contributed by atoms with van der Waals surface area (Å²) in [7, 11) is 1.63. The number of rotatable bonds is 4. The van der Waals surface area contributed by atoms with Crippen LogP contribution in [0.3, 0.4) is 0 Å². The summed E-state index contributed by atoms with van der Waals surface area (Å²) < 4.78 is 19.0.